The monoisotopic (exact) mass is 564 g/mol. The molecule has 2 aromatic carbocycles. The Morgan fingerprint density at radius 1 is 1.29 bits per heavy atom. The van der Waals surface area contributed by atoms with Crippen molar-refractivity contribution < 1.29 is 19.3 Å². The number of nitrogens with zero attached hydrogens (tertiary/aromatic N) is 4. The van der Waals surface area contributed by atoms with Gasteiger partial charge >= 0.3 is 0 Å². The van der Waals surface area contributed by atoms with Crippen molar-refractivity contribution in [2.24, 2.45) is 0 Å². The zero-order valence-electron chi connectivity index (χ0n) is 16.9. The maximum atomic E-state index is 13.2. The molecule has 0 aliphatic carbocycles. The second-order valence-corrected chi connectivity index (χ2v) is 9.20. The maximum absolute atomic E-state index is 13.2. The minimum absolute atomic E-state index is 0.0876. The highest BCUT2D eigenvalue weighted by Gasteiger charge is 2.44. The number of thioether (sulfide) groups is 1. The average Bonchev–Trinajstić information content (AvgIpc) is 2.76. The lowest BCUT2D eigenvalue weighted by Crippen LogP contribution is -2.59. The molecule has 1 aliphatic heterocycles. The van der Waals surface area contributed by atoms with Crippen LogP contribution in [0.3, 0.4) is 0 Å². The first-order chi connectivity index (χ1) is 14.9. The lowest BCUT2D eigenvalue weighted by atomic mass is 10.0. The summed E-state index contributed by atoms with van der Waals surface area (Å²) in [6, 6.07) is 11.1. The second-order valence-electron chi connectivity index (χ2n) is 6.72. The highest BCUT2D eigenvalue weighted by molar-refractivity contribution is 9.11. The Morgan fingerprint density at radius 3 is 2.58 bits per heavy atom. The van der Waals surface area contributed by atoms with Gasteiger partial charge in [-0.1, -0.05) is 35.5 Å². The van der Waals surface area contributed by atoms with Crippen LogP contribution in [0.15, 0.2) is 50.5 Å². The van der Waals surface area contributed by atoms with E-state index < -0.39 is 6.17 Å². The van der Waals surface area contributed by atoms with Gasteiger partial charge in [0.25, 0.3) is 17.0 Å². The lowest BCUT2D eigenvalue weighted by molar-refractivity contribution is -0.764. The van der Waals surface area contributed by atoms with Crippen molar-refractivity contribution in [2.45, 2.75) is 24.7 Å². The van der Waals surface area contributed by atoms with Crippen LogP contribution in [0.1, 0.15) is 25.1 Å². The van der Waals surface area contributed by atoms with Crippen LogP contribution in [0.5, 0.6) is 11.6 Å². The number of carbonyl (C=O) groups excluding carboxylic acids is 1. The van der Waals surface area contributed by atoms with Crippen molar-refractivity contribution >= 4 is 55.2 Å². The fourth-order valence-electron chi connectivity index (χ4n) is 3.68. The summed E-state index contributed by atoms with van der Waals surface area (Å²) in [5, 5.41) is 18.0. The van der Waals surface area contributed by atoms with Crippen LogP contribution in [0.2, 0.25) is 0 Å². The molecule has 10 heteroatoms. The van der Waals surface area contributed by atoms with Gasteiger partial charge < -0.3 is 9.84 Å². The average molecular weight is 566 g/mol. The predicted molar refractivity (Wildman–Crippen MR) is 123 cm³/mol. The van der Waals surface area contributed by atoms with Crippen molar-refractivity contribution in [2.75, 3.05) is 18.3 Å². The third-order valence-electron chi connectivity index (χ3n) is 4.99. The molecular weight excluding hydrogens is 548 g/mol. The van der Waals surface area contributed by atoms with E-state index in [1.165, 1.54) is 11.8 Å². The number of hydrogen-bond acceptors (Lipinski definition) is 6. The number of anilines is 1. The fourth-order valence-corrected chi connectivity index (χ4v) is 5.57. The summed E-state index contributed by atoms with van der Waals surface area (Å²) in [4.78, 5) is 19.0. The number of ether oxygens (including phenoxy) is 1. The molecule has 2 heterocycles. The lowest BCUT2D eigenvalue weighted by Gasteiger charge is -2.33. The number of methoxy groups -OCH3 is 1. The standard InChI is InChI=1S/C21H18Br2N4O3S/c1-4-16(28)26-15-8-6-5-7-12(15)17-19(29)24-21(31-3)25-27(17)20(26)11-9-13(22)18(30-2)14(23)10-11/h5-10,20H,4H2,1-3H3. The summed E-state index contributed by atoms with van der Waals surface area (Å²) < 4.78 is 8.47. The second kappa shape index (κ2) is 8.76. The molecule has 0 radical (unpaired) electrons. The van der Waals surface area contributed by atoms with Crippen molar-refractivity contribution in [3.63, 3.8) is 0 Å². The van der Waals surface area contributed by atoms with Crippen LogP contribution < -0.4 is 19.4 Å². The predicted octanol–water partition coefficient (Wildman–Crippen LogP) is 4.06. The highest BCUT2D eigenvalue weighted by Crippen LogP contribution is 2.43. The quantitative estimate of drug-likeness (QED) is 0.350. The summed E-state index contributed by atoms with van der Waals surface area (Å²) in [6.45, 7) is 1.81. The molecule has 1 aromatic heterocycles. The van der Waals surface area contributed by atoms with Gasteiger partial charge in [-0.15, -0.1) is 0 Å². The minimum atomic E-state index is -0.669. The first-order valence-corrected chi connectivity index (χ1v) is 12.2. The van der Waals surface area contributed by atoms with Crippen molar-refractivity contribution in [1.29, 1.82) is 0 Å². The molecule has 0 saturated carbocycles. The van der Waals surface area contributed by atoms with Crippen molar-refractivity contribution in [3.8, 4) is 22.9 Å². The van der Waals surface area contributed by atoms with E-state index in [4.69, 9.17) is 4.74 Å². The van der Waals surface area contributed by atoms with Gasteiger partial charge in [-0.25, -0.2) is 9.88 Å². The minimum Gasteiger partial charge on any atom is -0.854 e. The first-order valence-electron chi connectivity index (χ1n) is 9.40. The number of para-hydroxylation sites is 1. The smallest absolute Gasteiger partial charge is 0.293 e. The van der Waals surface area contributed by atoms with E-state index in [1.807, 2.05) is 49.6 Å². The van der Waals surface area contributed by atoms with Crippen LogP contribution in [-0.2, 0) is 4.79 Å². The molecule has 0 spiro atoms. The molecule has 1 amide bonds. The molecule has 7 nitrogen and oxygen atoms in total. The van der Waals surface area contributed by atoms with E-state index in [2.05, 4.69) is 41.9 Å². The Morgan fingerprint density at radius 2 is 1.97 bits per heavy atom. The Labute approximate surface area is 200 Å². The van der Waals surface area contributed by atoms with Gasteiger partial charge in [-0.3, -0.25) is 4.79 Å². The van der Waals surface area contributed by atoms with Gasteiger partial charge in [0, 0.05) is 17.1 Å². The highest BCUT2D eigenvalue weighted by atomic mass is 79.9. The molecule has 0 bridgehead atoms. The number of aromatic nitrogens is 3. The van der Waals surface area contributed by atoms with Gasteiger partial charge in [0.2, 0.25) is 5.91 Å². The molecule has 0 N–H and O–H groups in total. The summed E-state index contributed by atoms with van der Waals surface area (Å²) in [7, 11) is 1.58. The summed E-state index contributed by atoms with van der Waals surface area (Å²) in [6.07, 6.45) is 1.44. The van der Waals surface area contributed by atoms with Crippen LogP contribution >= 0.6 is 43.6 Å². The molecule has 4 rings (SSSR count). The fraction of sp³-hybridized carbons (Fsp3) is 0.238. The third-order valence-corrected chi connectivity index (χ3v) is 6.71. The molecule has 0 fully saturated rings. The number of hydrogen-bond donors (Lipinski definition) is 0. The van der Waals surface area contributed by atoms with E-state index in [0.717, 1.165) is 5.56 Å². The molecule has 1 unspecified atom stereocenters. The number of amides is 1. The number of halogens is 2. The zero-order valence-corrected chi connectivity index (χ0v) is 20.9. The van der Waals surface area contributed by atoms with Gasteiger partial charge in [0.1, 0.15) is 5.75 Å². The normalized spacial score (nSPS) is 14.7. The Kier molecular flexibility index (Phi) is 6.23. The maximum Gasteiger partial charge on any atom is 0.293 e. The van der Waals surface area contributed by atoms with Crippen LogP contribution in [0.4, 0.5) is 5.69 Å². The van der Waals surface area contributed by atoms with Crippen LogP contribution in [0.25, 0.3) is 11.3 Å². The van der Waals surface area contributed by atoms with Gasteiger partial charge in [-0.2, -0.15) is 0 Å². The first kappa shape index (κ1) is 22.0. The molecule has 160 valence electrons. The molecule has 0 saturated heterocycles. The van der Waals surface area contributed by atoms with E-state index in [9.17, 15) is 9.90 Å². The summed E-state index contributed by atoms with van der Waals surface area (Å²) in [5.74, 6) is 0.165. The van der Waals surface area contributed by atoms with E-state index in [-0.39, 0.29) is 11.8 Å². The zero-order chi connectivity index (χ0) is 22.3. The summed E-state index contributed by atoms with van der Waals surface area (Å²) in [5.41, 5.74) is 2.39. The van der Waals surface area contributed by atoms with E-state index in [1.54, 1.807) is 16.7 Å². The van der Waals surface area contributed by atoms with Gasteiger partial charge in [-0.05, 0) is 62.4 Å². The molecule has 1 atom stereocenters. The van der Waals surface area contributed by atoms with E-state index in [0.29, 0.717) is 43.2 Å². The number of carbonyl (C=O) groups is 1. The van der Waals surface area contributed by atoms with Gasteiger partial charge in [0.05, 0.1) is 33.2 Å². The number of benzene rings is 2. The largest absolute Gasteiger partial charge is 0.854 e. The SMILES string of the molecule is CCC(=O)N1c2ccccc2-c2c([O-])nc(SC)n[n+]2C1c1cc(Br)c(OC)c(Br)c1. The van der Waals surface area contributed by atoms with E-state index >= 15 is 0 Å². The Hall–Kier alpha value is -2.17. The number of fused-ring (bicyclic) bond motifs is 3. The van der Waals surface area contributed by atoms with Crippen LogP contribution in [0, 0.1) is 0 Å². The van der Waals surface area contributed by atoms with Crippen LogP contribution in [-0.4, -0.2) is 29.4 Å². The number of rotatable bonds is 4. The summed E-state index contributed by atoms with van der Waals surface area (Å²) >= 11 is 8.37. The molecule has 31 heavy (non-hydrogen) atoms. The third kappa shape index (κ3) is 3.70. The Balaban J connectivity index is 2.08. The Bertz CT molecular complexity index is 1170. The molecule has 3 aromatic rings. The molecular formula is C21H18Br2N4O3S. The van der Waals surface area contributed by atoms with Crippen molar-refractivity contribution in [3.05, 3.63) is 50.9 Å². The topological polar surface area (TPSA) is 82.3 Å². The van der Waals surface area contributed by atoms with Crippen molar-refractivity contribution in [1.82, 2.24) is 10.1 Å². The van der Waals surface area contributed by atoms with Gasteiger partial charge in [0.15, 0.2) is 0 Å². The molecule has 1 aliphatic rings.